The zero-order valence-corrected chi connectivity index (χ0v) is 24.7. The van der Waals surface area contributed by atoms with Crippen molar-refractivity contribution in [3.8, 4) is 22.9 Å². The second-order valence-corrected chi connectivity index (χ2v) is 10.3. The van der Waals surface area contributed by atoms with Crippen molar-refractivity contribution in [3.63, 3.8) is 0 Å². The fraction of sp³-hybridized carbons (Fsp3) is 0.333. The fourth-order valence-corrected chi connectivity index (χ4v) is 4.62. The van der Waals surface area contributed by atoms with Crippen LogP contribution in [0.15, 0.2) is 79.0 Å². The average molecular weight is 558 g/mol. The van der Waals surface area contributed by atoms with Crippen LogP contribution in [0.2, 0.25) is 0 Å². The molecule has 41 heavy (non-hydrogen) atoms. The van der Waals surface area contributed by atoms with E-state index in [0.717, 1.165) is 33.8 Å². The molecule has 0 aliphatic rings. The molecule has 0 saturated carbocycles. The highest BCUT2D eigenvalue weighted by Gasteiger charge is 2.32. The number of nitrogens with zero attached hydrogens (tertiary/aromatic N) is 3. The summed E-state index contributed by atoms with van der Waals surface area (Å²) >= 11 is 0. The minimum absolute atomic E-state index is 0.285. The molecule has 8 heteroatoms. The average Bonchev–Trinajstić information content (AvgIpc) is 3.34. The largest absolute Gasteiger partial charge is 0.496 e. The standard InChI is InChI=1S/C33H39N3O5/c1-7-40-32(37)33(3,4)41-30-18-17-25(19-31(30)39-6)20-35(21-26-13-11-12-16-29(26)38-5)22-27-23-36(34-24(27)2)28-14-9-8-10-15-28/h8-19,23H,7,20-22H2,1-6H3. The molecule has 0 fully saturated rings. The van der Waals surface area contributed by atoms with E-state index in [1.165, 1.54) is 0 Å². The molecule has 0 spiro atoms. The summed E-state index contributed by atoms with van der Waals surface area (Å²) in [6, 6.07) is 24.0. The van der Waals surface area contributed by atoms with E-state index in [1.807, 2.05) is 78.3 Å². The number of carbonyl (C=O) groups is 1. The predicted octanol–water partition coefficient (Wildman–Crippen LogP) is 6.12. The number of hydrogen-bond donors (Lipinski definition) is 0. The number of hydrogen-bond acceptors (Lipinski definition) is 7. The lowest BCUT2D eigenvalue weighted by Crippen LogP contribution is -2.39. The van der Waals surface area contributed by atoms with E-state index in [9.17, 15) is 4.79 Å². The zero-order valence-electron chi connectivity index (χ0n) is 24.7. The van der Waals surface area contributed by atoms with Crippen molar-refractivity contribution in [2.24, 2.45) is 0 Å². The fourth-order valence-electron chi connectivity index (χ4n) is 4.62. The van der Waals surface area contributed by atoms with Gasteiger partial charge < -0.3 is 18.9 Å². The predicted molar refractivity (Wildman–Crippen MR) is 159 cm³/mol. The Morgan fingerprint density at radius 2 is 1.54 bits per heavy atom. The Morgan fingerprint density at radius 1 is 0.854 bits per heavy atom. The van der Waals surface area contributed by atoms with Crippen molar-refractivity contribution < 1.29 is 23.7 Å². The Kier molecular flexibility index (Phi) is 9.68. The van der Waals surface area contributed by atoms with Gasteiger partial charge in [-0.2, -0.15) is 5.10 Å². The molecule has 4 aromatic rings. The molecule has 0 aliphatic heterocycles. The number of esters is 1. The number of aryl methyl sites for hydroxylation is 1. The first-order valence-corrected chi connectivity index (χ1v) is 13.7. The third kappa shape index (κ3) is 7.46. The Morgan fingerprint density at radius 3 is 2.24 bits per heavy atom. The van der Waals surface area contributed by atoms with Crippen LogP contribution in [-0.4, -0.2) is 47.1 Å². The molecule has 0 saturated heterocycles. The molecule has 0 atom stereocenters. The molecule has 0 N–H and O–H groups in total. The Labute approximate surface area is 242 Å². The maximum absolute atomic E-state index is 12.4. The highest BCUT2D eigenvalue weighted by atomic mass is 16.6. The van der Waals surface area contributed by atoms with Gasteiger partial charge in [-0.05, 0) is 63.6 Å². The normalized spacial score (nSPS) is 11.4. The van der Waals surface area contributed by atoms with Crippen LogP contribution in [0.3, 0.4) is 0 Å². The van der Waals surface area contributed by atoms with Gasteiger partial charge in [0.1, 0.15) is 5.75 Å². The lowest BCUT2D eigenvalue weighted by Gasteiger charge is -2.26. The van der Waals surface area contributed by atoms with Crippen molar-refractivity contribution in [2.75, 3.05) is 20.8 Å². The molecule has 0 bridgehead atoms. The van der Waals surface area contributed by atoms with Crippen LogP contribution >= 0.6 is 0 Å². The Balaban J connectivity index is 1.61. The highest BCUT2D eigenvalue weighted by Crippen LogP contribution is 2.33. The maximum Gasteiger partial charge on any atom is 0.349 e. The molecule has 1 aromatic heterocycles. The number of aromatic nitrogens is 2. The van der Waals surface area contributed by atoms with E-state index in [-0.39, 0.29) is 6.61 Å². The lowest BCUT2D eigenvalue weighted by atomic mass is 10.1. The van der Waals surface area contributed by atoms with E-state index in [0.29, 0.717) is 31.1 Å². The first-order chi connectivity index (χ1) is 19.7. The molecule has 0 unspecified atom stereocenters. The number of methoxy groups -OCH3 is 2. The Hall–Kier alpha value is -4.30. The number of para-hydroxylation sites is 2. The first-order valence-electron chi connectivity index (χ1n) is 13.7. The van der Waals surface area contributed by atoms with Crippen LogP contribution in [0.5, 0.6) is 17.2 Å². The summed E-state index contributed by atoms with van der Waals surface area (Å²) in [7, 11) is 3.29. The van der Waals surface area contributed by atoms with E-state index >= 15 is 0 Å². The molecule has 0 aliphatic carbocycles. The smallest absolute Gasteiger partial charge is 0.349 e. The maximum atomic E-state index is 12.4. The Bertz CT molecular complexity index is 1450. The van der Waals surface area contributed by atoms with Gasteiger partial charge in [0, 0.05) is 37.0 Å². The minimum atomic E-state index is -1.16. The number of rotatable bonds is 13. The summed E-state index contributed by atoms with van der Waals surface area (Å²) in [4.78, 5) is 14.7. The van der Waals surface area contributed by atoms with Crippen molar-refractivity contribution >= 4 is 5.97 Å². The first kappa shape index (κ1) is 29.7. The summed E-state index contributed by atoms with van der Waals surface area (Å²) in [6.45, 7) is 9.43. The van der Waals surface area contributed by atoms with Crippen LogP contribution in [0.25, 0.3) is 5.69 Å². The molecular formula is C33H39N3O5. The summed E-state index contributed by atoms with van der Waals surface area (Å²) in [5.41, 5.74) is 4.09. The summed E-state index contributed by atoms with van der Waals surface area (Å²) in [5, 5.41) is 4.77. The third-order valence-electron chi connectivity index (χ3n) is 6.77. The molecule has 8 nitrogen and oxygen atoms in total. The summed E-state index contributed by atoms with van der Waals surface area (Å²) in [5.74, 6) is 1.44. The van der Waals surface area contributed by atoms with Crippen LogP contribution < -0.4 is 14.2 Å². The van der Waals surface area contributed by atoms with Crippen LogP contribution in [-0.2, 0) is 29.2 Å². The zero-order chi connectivity index (χ0) is 29.4. The monoisotopic (exact) mass is 557 g/mol. The van der Waals surface area contributed by atoms with E-state index in [1.54, 1.807) is 35.0 Å². The molecule has 4 rings (SSSR count). The summed E-state index contributed by atoms with van der Waals surface area (Å²) < 4.78 is 24.5. The van der Waals surface area contributed by atoms with Crippen molar-refractivity contribution in [3.05, 3.63) is 101 Å². The van der Waals surface area contributed by atoms with Gasteiger partial charge in [0.25, 0.3) is 0 Å². The van der Waals surface area contributed by atoms with Gasteiger partial charge in [0.05, 0.1) is 32.2 Å². The van der Waals surface area contributed by atoms with E-state index < -0.39 is 11.6 Å². The topological polar surface area (TPSA) is 75.0 Å². The highest BCUT2D eigenvalue weighted by molar-refractivity contribution is 5.79. The lowest BCUT2D eigenvalue weighted by molar-refractivity contribution is -0.158. The third-order valence-corrected chi connectivity index (χ3v) is 6.77. The van der Waals surface area contributed by atoms with Crippen LogP contribution in [0.4, 0.5) is 0 Å². The quantitative estimate of drug-likeness (QED) is 0.183. The van der Waals surface area contributed by atoms with Crippen molar-refractivity contribution in [2.45, 2.75) is 52.9 Å². The van der Waals surface area contributed by atoms with Crippen LogP contribution in [0, 0.1) is 6.92 Å². The summed E-state index contributed by atoms with van der Waals surface area (Å²) in [6.07, 6.45) is 2.09. The number of ether oxygens (including phenoxy) is 4. The molecule has 0 amide bonds. The second-order valence-electron chi connectivity index (χ2n) is 10.3. The van der Waals surface area contributed by atoms with Crippen LogP contribution in [0.1, 0.15) is 43.2 Å². The van der Waals surface area contributed by atoms with Gasteiger partial charge in [0.15, 0.2) is 17.1 Å². The van der Waals surface area contributed by atoms with Crippen molar-refractivity contribution in [1.29, 1.82) is 0 Å². The second kappa shape index (κ2) is 13.4. The van der Waals surface area contributed by atoms with Crippen molar-refractivity contribution in [1.82, 2.24) is 14.7 Å². The van der Waals surface area contributed by atoms with E-state index in [4.69, 9.17) is 24.0 Å². The molecule has 216 valence electrons. The van der Waals surface area contributed by atoms with Gasteiger partial charge in [-0.15, -0.1) is 0 Å². The minimum Gasteiger partial charge on any atom is -0.496 e. The number of carbonyl (C=O) groups excluding carboxylic acids is 1. The SMILES string of the molecule is CCOC(=O)C(C)(C)Oc1ccc(CN(Cc2ccccc2OC)Cc2cn(-c3ccccc3)nc2C)cc1OC. The number of benzene rings is 3. The molecule has 3 aromatic carbocycles. The van der Waals surface area contributed by atoms with Gasteiger partial charge in [-0.25, -0.2) is 9.48 Å². The molecule has 1 heterocycles. The van der Waals surface area contributed by atoms with Gasteiger partial charge >= 0.3 is 5.97 Å². The van der Waals surface area contributed by atoms with Gasteiger partial charge in [0.2, 0.25) is 0 Å². The molecular weight excluding hydrogens is 518 g/mol. The molecule has 0 radical (unpaired) electrons. The van der Waals surface area contributed by atoms with Gasteiger partial charge in [-0.1, -0.05) is 42.5 Å². The van der Waals surface area contributed by atoms with Gasteiger partial charge in [-0.3, -0.25) is 4.90 Å². The van der Waals surface area contributed by atoms with E-state index in [2.05, 4.69) is 17.2 Å².